The lowest BCUT2D eigenvalue weighted by molar-refractivity contribution is 0.369. The fourth-order valence-corrected chi connectivity index (χ4v) is 2.71. The van der Waals surface area contributed by atoms with Crippen LogP contribution in [0.2, 0.25) is 0 Å². The largest absolute Gasteiger partial charge is 0.504 e. The van der Waals surface area contributed by atoms with E-state index >= 15 is 0 Å². The quantitative estimate of drug-likeness (QED) is 0.607. The first-order valence-corrected chi connectivity index (χ1v) is 9.73. The van der Waals surface area contributed by atoms with Crippen molar-refractivity contribution in [1.82, 2.24) is 0 Å². The number of phenols is 2. The maximum absolute atomic E-state index is 9.94. The molecule has 0 spiro atoms. The molecule has 0 aliphatic heterocycles. The van der Waals surface area contributed by atoms with Gasteiger partial charge in [-0.15, -0.1) is 6.58 Å². The van der Waals surface area contributed by atoms with Crippen LogP contribution in [-0.4, -0.2) is 24.4 Å². The molecule has 29 heavy (non-hydrogen) atoms. The van der Waals surface area contributed by atoms with Crippen LogP contribution in [-0.2, 0) is 17.3 Å². The summed E-state index contributed by atoms with van der Waals surface area (Å²) in [6.45, 7) is 16.5. The van der Waals surface area contributed by atoms with Gasteiger partial charge in [-0.3, -0.25) is 0 Å². The van der Waals surface area contributed by atoms with E-state index in [1.165, 1.54) is 0 Å². The average Bonchev–Trinajstić information content (AvgIpc) is 2.62. The van der Waals surface area contributed by atoms with E-state index in [2.05, 4.69) is 48.1 Å². The molecule has 0 aromatic heterocycles. The number of ether oxygens (including phenoxy) is 2. The van der Waals surface area contributed by atoms with Crippen molar-refractivity contribution in [3.05, 3.63) is 59.7 Å². The Morgan fingerprint density at radius 1 is 0.828 bits per heavy atom. The summed E-state index contributed by atoms with van der Waals surface area (Å²) < 4.78 is 10.2. The molecule has 4 heteroatoms. The molecule has 0 fully saturated rings. The normalized spacial score (nSPS) is 11.3. The van der Waals surface area contributed by atoms with Gasteiger partial charge in [0.1, 0.15) is 0 Å². The summed E-state index contributed by atoms with van der Waals surface area (Å²) in [6.07, 6.45) is 2.42. The smallest absolute Gasteiger partial charge is 0.161 e. The number of hydrogen-bond donors (Lipinski definition) is 2. The molecular weight excluding hydrogens is 364 g/mol. The molecule has 0 radical (unpaired) electrons. The molecule has 2 aromatic rings. The highest BCUT2D eigenvalue weighted by Crippen LogP contribution is 2.36. The molecule has 160 valence electrons. The number of rotatable bonds is 4. The number of aromatic hydroxyl groups is 2. The van der Waals surface area contributed by atoms with E-state index in [-0.39, 0.29) is 22.3 Å². The monoisotopic (exact) mass is 400 g/mol. The Balaban J connectivity index is 0.000000296. The number of allylic oxidation sites excluding steroid dienone is 1. The molecule has 2 aromatic carbocycles. The summed E-state index contributed by atoms with van der Waals surface area (Å²) >= 11 is 0. The zero-order chi connectivity index (χ0) is 22.4. The van der Waals surface area contributed by atoms with E-state index in [0.29, 0.717) is 17.9 Å². The highest BCUT2D eigenvalue weighted by Gasteiger charge is 2.18. The minimum Gasteiger partial charge on any atom is -0.504 e. The third-order valence-corrected chi connectivity index (χ3v) is 4.65. The van der Waals surface area contributed by atoms with Crippen molar-refractivity contribution in [1.29, 1.82) is 0 Å². The summed E-state index contributed by atoms with van der Waals surface area (Å²) in [5.41, 5.74) is 3.29. The highest BCUT2D eigenvalue weighted by molar-refractivity contribution is 5.50. The van der Waals surface area contributed by atoms with Gasteiger partial charge in [-0.2, -0.15) is 0 Å². The van der Waals surface area contributed by atoms with Crippen molar-refractivity contribution in [3.8, 4) is 23.0 Å². The predicted octanol–water partition coefficient (Wildman–Crippen LogP) is 6.13. The zero-order valence-corrected chi connectivity index (χ0v) is 19.1. The van der Waals surface area contributed by atoms with Crippen LogP contribution in [0.25, 0.3) is 0 Å². The predicted molar refractivity (Wildman–Crippen MR) is 121 cm³/mol. The first-order valence-electron chi connectivity index (χ1n) is 9.73. The zero-order valence-electron chi connectivity index (χ0n) is 19.1. The lowest BCUT2D eigenvalue weighted by atomic mass is 9.85. The standard InChI is InChI=1S/C14H20O2.C11H16O2/c1-6-7-10-8-11(14(2,3)4)9-12(16-5)13(10)15;1-11(2,3)8-5-6-9(12)10(7-8)13-4/h6,8-9,15H,1,7H2,2-5H3;5-7,12H,1-4H3. The van der Waals surface area contributed by atoms with Crippen LogP contribution in [0.15, 0.2) is 43.0 Å². The van der Waals surface area contributed by atoms with Crippen molar-refractivity contribution < 1.29 is 19.7 Å². The highest BCUT2D eigenvalue weighted by atomic mass is 16.5. The maximum atomic E-state index is 9.94. The van der Waals surface area contributed by atoms with Gasteiger partial charge in [0, 0.05) is 5.56 Å². The first kappa shape index (κ1) is 24.4. The first-order chi connectivity index (χ1) is 13.3. The van der Waals surface area contributed by atoms with Gasteiger partial charge in [0.25, 0.3) is 0 Å². The molecule has 0 amide bonds. The second-order valence-corrected chi connectivity index (χ2v) is 9.07. The number of phenolic OH excluding ortho intramolecular Hbond substituents is 2. The molecule has 0 heterocycles. The SMILES string of the molecule is C=CCc1cc(C(C)(C)C)cc(OC)c1O.COc1cc(C(C)(C)C)ccc1O. The molecule has 0 atom stereocenters. The van der Waals surface area contributed by atoms with Crippen LogP contribution in [0.5, 0.6) is 23.0 Å². The topological polar surface area (TPSA) is 58.9 Å². The van der Waals surface area contributed by atoms with Crippen molar-refractivity contribution in [2.24, 2.45) is 0 Å². The average molecular weight is 401 g/mol. The lowest BCUT2D eigenvalue weighted by Gasteiger charge is -2.21. The summed E-state index contributed by atoms with van der Waals surface area (Å²) in [7, 11) is 3.13. The van der Waals surface area contributed by atoms with Crippen molar-refractivity contribution in [2.75, 3.05) is 14.2 Å². The summed E-state index contributed by atoms with van der Waals surface area (Å²) in [4.78, 5) is 0. The van der Waals surface area contributed by atoms with Crippen molar-refractivity contribution >= 4 is 0 Å². The van der Waals surface area contributed by atoms with Crippen LogP contribution in [0.3, 0.4) is 0 Å². The van der Waals surface area contributed by atoms with Gasteiger partial charge in [-0.25, -0.2) is 0 Å². The molecule has 0 aliphatic rings. The van der Waals surface area contributed by atoms with Crippen LogP contribution >= 0.6 is 0 Å². The third-order valence-electron chi connectivity index (χ3n) is 4.65. The second kappa shape index (κ2) is 9.73. The van der Waals surface area contributed by atoms with Gasteiger partial charge in [-0.1, -0.05) is 59.8 Å². The molecular formula is C25H36O4. The van der Waals surface area contributed by atoms with Gasteiger partial charge in [0.2, 0.25) is 0 Å². The third kappa shape index (κ3) is 6.74. The van der Waals surface area contributed by atoms with E-state index in [9.17, 15) is 10.2 Å². The van der Waals surface area contributed by atoms with E-state index in [1.807, 2.05) is 24.3 Å². The van der Waals surface area contributed by atoms with E-state index in [0.717, 1.165) is 16.7 Å². The summed E-state index contributed by atoms with van der Waals surface area (Å²) in [5.74, 6) is 1.47. The number of hydrogen-bond acceptors (Lipinski definition) is 4. The van der Waals surface area contributed by atoms with E-state index in [1.54, 1.807) is 26.4 Å². The Kier molecular flexibility index (Phi) is 8.19. The molecule has 0 saturated heterocycles. The molecule has 0 saturated carbocycles. The fourth-order valence-electron chi connectivity index (χ4n) is 2.71. The minimum atomic E-state index is 0.0386. The Labute approximate surface area is 175 Å². The van der Waals surface area contributed by atoms with Crippen molar-refractivity contribution in [2.45, 2.75) is 58.8 Å². The summed E-state index contributed by atoms with van der Waals surface area (Å²) in [5, 5.41) is 19.3. The minimum absolute atomic E-state index is 0.0386. The Hall–Kier alpha value is -2.62. The van der Waals surface area contributed by atoms with Crippen LogP contribution in [0.1, 0.15) is 58.2 Å². The molecule has 0 unspecified atom stereocenters. The molecule has 0 aliphatic carbocycles. The molecule has 0 bridgehead atoms. The Morgan fingerprint density at radius 3 is 1.79 bits per heavy atom. The van der Waals surface area contributed by atoms with Crippen LogP contribution < -0.4 is 9.47 Å². The Bertz CT molecular complexity index is 824. The van der Waals surface area contributed by atoms with Gasteiger partial charge < -0.3 is 19.7 Å². The number of benzene rings is 2. The lowest BCUT2D eigenvalue weighted by Crippen LogP contribution is -2.11. The maximum Gasteiger partial charge on any atom is 0.161 e. The van der Waals surface area contributed by atoms with Crippen molar-refractivity contribution in [3.63, 3.8) is 0 Å². The summed E-state index contributed by atoms with van der Waals surface area (Å²) in [6, 6.07) is 9.36. The van der Waals surface area contributed by atoms with E-state index in [4.69, 9.17) is 9.47 Å². The second-order valence-electron chi connectivity index (χ2n) is 9.07. The number of methoxy groups -OCH3 is 2. The van der Waals surface area contributed by atoms with Crippen LogP contribution in [0, 0.1) is 0 Å². The Morgan fingerprint density at radius 2 is 1.34 bits per heavy atom. The van der Waals surface area contributed by atoms with Gasteiger partial charge in [0.15, 0.2) is 23.0 Å². The fraction of sp³-hybridized carbons (Fsp3) is 0.440. The van der Waals surface area contributed by atoms with Gasteiger partial charge in [0.05, 0.1) is 14.2 Å². The molecule has 4 nitrogen and oxygen atoms in total. The van der Waals surface area contributed by atoms with Gasteiger partial charge in [-0.05, 0) is 46.6 Å². The van der Waals surface area contributed by atoms with Gasteiger partial charge >= 0.3 is 0 Å². The molecule has 2 N–H and O–H groups in total. The molecule has 2 rings (SSSR count). The van der Waals surface area contributed by atoms with Crippen LogP contribution in [0.4, 0.5) is 0 Å². The van der Waals surface area contributed by atoms with E-state index < -0.39 is 0 Å².